The van der Waals surface area contributed by atoms with Crippen LogP contribution in [0.25, 0.3) is 5.76 Å². The number of hydrogen-bond donors (Lipinski definition) is 2. The van der Waals surface area contributed by atoms with Gasteiger partial charge in [0.2, 0.25) is 0 Å². The van der Waals surface area contributed by atoms with E-state index in [4.69, 9.17) is 4.74 Å². The smallest absolute Gasteiger partial charge is 0.416 e. The fourth-order valence-corrected chi connectivity index (χ4v) is 4.15. The summed E-state index contributed by atoms with van der Waals surface area (Å²) in [7, 11) is 0. The maximum Gasteiger partial charge on any atom is 0.416 e. The summed E-state index contributed by atoms with van der Waals surface area (Å²) in [5.41, 5.74) is 0.244. The summed E-state index contributed by atoms with van der Waals surface area (Å²) in [5, 5.41) is 20.9. The van der Waals surface area contributed by atoms with Gasteiger partial charge in [-0.05, 0) is 79.6 Å². The van der Waals surface area contributed by atoms with Crippen LogP contribution in [-0.4, -0.2) is 28.5 Å². The van der Waals surface area contributed by atoms with Gasteiger partial charge in [-0.25, -0.2) is 0 Å². The minimum atomic E-state index is -4.57. The number of phenols is 1. The molecule has 3 aromatic rings. The molecule has 1 atom stereocenters. The monoisotopic (exact) mass is 497 g/mol. The third-order valence-electron chi connectivity index (χ3n) is 5.87. The summed E-state index contributed by atoms with van der Waals surface area (Å²) >= 11 is 0. The summed E-state index contributed by atoms with van der Waals surface area (Å²) in [5.74, 6) is -1.90. The molecule has 1 fully saturated rings. The second-order valence-corrected chi connectivity index (χ2v) is 8.22. The Morgan fingerprint density at radius 2 is 1.64 bits per heavy atom. The van der Waals surface area contributed by atoms with Gasteiger partial charge in [0.25, 0.3) is 11.7 Å². The molecule has 9 heteroatoms. The number of Topliss-reactive ketones (excluding diaryl/α,β-unsaturated/α-hetero) is 1. The highest BCUT2D eigenvalue weighted by atomic mass is 19.4. The summed E-state index contributed by atoms with van der Waals surface area (Å²) < 4.78 is 44.7. The van der Waals surface area contributed by atoms with E-state index < -0.39 is 35.2 Å². The molecule has 4 rings (SSSR count). The van der Waals surface area contributed by atoms with Gasteiger partial charge in [0, 0.05) is 11.3 Å². The number of alkyl halides is 3. The van der Waals surface area contributed by atoms with Gasteiger partial charge in [-0.15, -0.1) is 0 Å². The SMILES string of the molecule is CCOc1ccc(/C(O)=C2/C(=O)C(=O)N(c3ccc(C(F)(F)F)cc3)C2c2ccc(O)cc2)cc1C. The van der Waals surface area contributed by atoms with Crippen LogP contribution in [-0.2, 0) is 15.8 Å². The zero-order valence-corrected chi connectivity index (χ0v) is 19.3. The van der Waals surface area contributed by atoms with E-state index in [-0.39, 0.29) is 22.6 Å². The van der Waals surface area contributed by atoms with Gasteiger partial charge >= 0.3 is 6.18 Å². The molecule has 0 aliphatic carbocycles. The average molecular weight is 497 g/mol. The number of ether oxygens (including phenoxy) is 1. The Morgan fingerprint density at radius 1 is 1.00 bits per heavy atom. The number of amides is 1. The third kappa shape index (κ3) is 4.51. The number of hydrogen-bond acceptors (Lipinski definition) is 5. The Morgan fingerprint density at radius 3 is 2.19 bits per heavy atom. The van der Waals surface area contributed by atoms with E-state index in [1.165, 1.54) is 24.3 Å². The average Bonchev–Trinajstić information content (AvgIpc) is 3.10. The lowest BCUT2D eigenvalue weighted by molar-refractivity contribution is -0.137. The molecule has 1 heterocycles. The highest BCUT2D eigenvalue weighted by Gasteiger charge is 2.47. The number of aliphatic hydroxyl groups excluding tert-OH is 1. The molecule has 3 aromatic carbocycles. The molecule has 6 nitrogen and oxygen atoms in total. The van der Waals surface area contributed by atoms with E-state index in [2.05, 4.69) is 0 Å². The van der Waals surface area contributed by atoms with Crippen molar-refractivity contribution in [3.63, 3.8) is 0 Å². The molecule has 0 saturated carbocycles. The molecule has 1 amide bonds. The lowest BCUT2D eigenvalue weighted by atomic mass is 9.94. The predicted molar refractivity (Wildman–Crippen MR) is 127 cm³/mol. The van der Waals surface area contributed by atoms with Crippen molar-refractivity contribution >= 4 is 23.1 Å². The molecule has 1 saturated heterocycles. The van der Waals surface area contributed by atoms with Crippen LogP contribution < -0.4 is 9.64 Å². The Labute approximate surface area is 204 Å². The number of anilines is 1. The third-order valence-corrected chi connectivity index (χ3v) is 5.87. The van der Waals surface area contributed by atoms with Gasteiger partial charge in [-0.3, -0.25) is 14.5 Å². The predicted octanol–water partition coefficient (Wildman–Crippen LogP) is 5.74. The van der Waals surface area contributed by atoms with Crippen LogP contribution in [0.3, 0.4) is 0 Å². The fourth-order valence-electron chi connectivity index (χ4n) is 4.15. The number of halogens is 3. The van der Waals surface area contributed by atoms with Crippen molar-refractivity contribution in [3.8, 4) is 11.5 Å². The molecule has 186 valence electrons. The molecule has 2 N–H and O–H groups in total. The molecule has 0 aromatic heterocycles. The maximum absolute atomic E-state index is 13.2. The highest BCUT2D eigenvalue weighted by molar-refractivity contribution is 6.51. The van der Waals surface area contributed by atoms with Gasteiger partial charge in [0.15, 0.2) is 0 Å². The molecule has 36 heavy (non-hydrogen) atoms. The van der Waals surface area contributed by atoms with E-state index in [9.17, 15) is 33.0 Å². The van der Waals surface area contributed by atoms with Crippen LogP contribution in [0.5, 0.6) is 11.5 Å². The lowest BCUT2D eigenvalue weighted by Gasteiger charge is -2.26. The molecule has 0 spiro atoms. The molecular formula is C27H22F3NO5. The summed E-state index contributed by atoms with van der Waals surface area (Å²) in [6.07, 6.45) is -4.57. The van der Waals surface area contributed by atoms with Crippen molar-refractivity contribution in [2.24, 2.45) is 0 Å². The first-order valence-electron chi connectivity index (χ1n) is 11.0. The first kappa shape index (κ1) is 24.8. The fraction of sp³-hybridized carbons (Fsp3) is 0.185. The second kappa shape index (κ2) is 9.41. The number of ketones is 1. The maximum atomic E-state index is 13.2. The first-order valence-corrected chi connectivity index (χ1v) is 11.0. The van der Waals surface area contributed by atoms with Gasteiger partial charge in [0.05, 0.1) is 23.8 Å². The Kier molecular flexibility index (Phi) is 6.49. The standard InChI is InChI=1S/C27H22F3NO5/c1-3-36-21-13-6-17(14-15(21)2)24(33)22-23(16-4-11-20(32)12-5-16)31(26(35)25(22)34)19-9-7-18(8-10-19)27(28,29)30/h4-14,23,32-33H,3H2,1-2H3/b24-22-. The highest BCUT2D eigenvalue weighted by Crippen LogP contribution is 2.43. The largest absolute Gasteiger partial charge is 0.508 e. The summed E-state index contributed by atoms with van der Waals surface area (Å²) in [6, 6.07) is 13.1. The molecule has 0 radical (unpaired) electrons. The summed E-state index contributed by atoms with van der Waals surface area (Å²) in [4.78, 5) is 27.3. The van der Waals surface area contributed by atoms with Gasteiger partial charge < -0.3 is 14.9 Å². The number of benzene rings is 3. The van der Waals surface area contributed by atoms with Gasteiger partial charge in [-0.1, -0.05) is 12.1 Å². The minimum Gasteiger partial charge on any atom is -0.508 e. The number of aryl methyl sites for hydroxylation is 1. The Bertz CT molecular complexity index is 1350. The van der Waals surface area contributed by atoms with Crippen LogP contribution in [0.2, 0.25) is 0 Å². The molecule has 1 unspecified atom stereocenters. The number of rotatable bonds is 5. The van der Waals surface area contributed by atoms with Crippen LogP contribution in [0.1, 0.15) is 35.2 Å². The van der Waals surface area contributed by atoms with Gasteiger partial charge in [0.1, 0.15) is 17.3 Å². The number of phenolic OH excluding ortho intramolecular Hbond substituents is 1. The topological polar surface area (TPSA) is 87.1 Å². The molecule has 0 bridgehead atoms. The first-order chi connectivity index (χ1) is 17.0. The van der Waals surface area contributed by atoms with Crippen molar-refractivity contribution in [2.45, 2.75) is 26.1 Å². The molecule has 1 aliphatic heterocycles. The van der Waals surface area contributed by atoms with Crippen molar-refractivity contribution in [1.29, 1.82) is 0 Å². The van der Waals surface area contributed by atoms with Crippen LogP contribution in [0.4, 0.5) is 18.9 Å². The van der Waals surface area contributed by atoms with E-state index in [1.807, 2.05) is 6.92 Å². The number of nitrogens with zero attached hydrogens (tertiary/aromatic N) is 1. The lowest BCUT2D eigenvalue weighted by Crippen LogP contribution is -2.29. The van der Waals surface area contributed by atoms with Crippen molar-refractivity contribution in [1.82, 2.24) is 0 Å². The van der Waals surface area contributed by atoms with Crippen LogP contribution >= 0.6 is 0 Å². The zero-order chi connectivity index (χ0) is 26.2. The Hall–Kier alpha value is -4.27. The van der Waals surface area contributed by atoms with Crippen molar-refractivity contribution in [2.75, 3.05) is 11.5 Å². The number of aromatic hydroxyl groups is 1. The number of carbonyl (C=O) groups excluding carboxylic acids is 2. The minimum absolute atomic E-state index is 0.0464. The van der Waals surface area contributed by atoms with E-state index in [0.29, 0.717) is 23.5 Å². The van der Waals surface area contributed by atoms with E-state index >= 15 is 0 Å². The number of carbonyl (C=O) groups is 2. The van der Waals surface area contributed by atoms with Crippen molar-refractivity contribution < 1.29 is 37.7 Å². The quantitative estimate of drug-likeness (QED) is 0.267. The van der Waals surface area contributed by atoms with Crippen LogP contribution in [0, 0.1) is 6.92 Å². The zero-order valence-electron chi connectivity index (χ0n) is 19.3. The Balaban J connectivity index is 1.88. The second-order valence-electron chi connectivity index (χ2n) is 8.22. The van der Waals surface area contributed by atoms with Gasteiger partial charge in [-0.2, -0.15) is 13.2 Å². The number of aliphatic hydroxyl groups is 1. The van der Waals surface area contributed by atoms with E-state index in [1.54, 1.807) is 25.1 Å². The summed E-state index contributed by atoms with van der Waals surface area (Å²) in [6.45, 7) is 4.03. The van der Waals surface area contributed by atoms with Crippen LogP contribution in [0.15, 0.2) is 72.3 Å². The molecular weight excluding hydrogens is 475 g/mol. The van der Waals surface area contributed by atoms with Crippen molar-refractivity contribution in [3.05, 3.63) is 94.6 Å². The normalized spacial score (nSPS) is 17.5. The van der Waals surface area contributed by atoms with E-state index in [0.717, 1.165) is 29.2 Å². The molecule has 1 aliphatic rings.